The Morgan fingerprint density at radius 1 is 1.14 bits per heavy atom. The summed E-state index contributed by atoms with van der Waals surface area (Å²) in [6.45, 7) is 4.10. The first-order valence-electron chi connectivity index (χ1n) is 6.96. The Balaban J connectivity index is 2.62. The smallest absolute Gasteiger partial charge is 0.274 e. The van der Waals surface area contributed by atoms with Crippen molar-refractivity contribution in [1.82, 2.24) is 9.78 Å². The molecule has 1 aromatic carbocycles. The minimum atomic E-state index is -0.187. The van der Waals surface area contributed by atoms with Gasteiger partial charge in [-0.2, -0.15) is 9.78 Å². The Kier molecular flexibility index (Phi) is 5.08. The predicted octanol–water partition coefficient (Wildman–Crippen LogP) is 3.10. The molecule has 0 aliphatic rings. The van der Waals surface area contributed by atoms with E-state index in [-0.39, 0.29) is 10.7 Å². The van der Waals surface area contributed by atoms with E-state index in [4.69, 9.17) is 21.1 Å². The van der Waals surface area contributed by atoms with Crippen LogP contribution in [0.2, 0.25) is 5.15 Å². The van der Waals surface area contributed by atoms with Crippen LogP contribution in [0.4, 0.5) is 0 Å². The molecule has 5 nitrogen and oxygen atoms in total. The van der Waals surface area contributed by atoms with Crippen molar-refractivity contribution in [2.24, 2.45) is 5.92 Å². The van der Waals surface area contributed by atoms with Gasteiger partial charge in [-0.1, -0.05) is 25.4 Å². The normalized spacial score (nSPS) is 10.8. The van der Waals surface area contributed by atoms with Crippen LogP contribution < -0.4 is 15.0 Å². The lowest BCUT2D eigenvalue weighted by atomic mass is 10.1. The van der Waals surface area contributed by atoms with Gasteiger partial charge >= 0.3 is 0 Å². The molecule has 0 aliphatic heterocycles. The topological polar surface area (TPSA) is 53.4 Å². The maximum Gasteiger partial charge on any atom is 0.274 e. The molecule has 118 valence electrons. The van der Waals surface area contributed by atoms with Gasteiger partial charge in [0.25, 0.3) is 5.56 Å². The largest absolute Gasteiger partial charge is 0.497 e. The predicted molar refractivity (Wildman–Crippen MR) is 86.5 cm³/mol. The highest BCUT2D eigenvalue weighted by atomic mass is 35.5. The molecule has 0 unspecified atom stereocenters. The summed E-state index contributed by atoms with van der Waals surface area (Å²) in [5.74, 6) is 1.50. The molecular formula is C16H19ClN2O3. The fraction of sp³-hybridized carbons (Fsp3) is 0.375. The molecule has 22 heavy (non-hydrogen) atoms. The van der Waals surface area contributed by atoms with Gasteiger partial charge in [-0.3, -0.25) is 4.79 Å². The van der Waals surface area contributed by atoms with E-state index in [9.17, 15) is 4.79 Å². The van der Waals surface area contributed by atoms with Gasteiger partial charge in [0.05, 0.1) is 19.9 Å². The second-order valence-corrected chi connectivity index (χ2v) is 5.77. The van der Waals surface area contributed by atoms with Crippen LogP contribution in [-0.2, 0) is 6.42 Å². The Morgan fingerprint density at radius 3 is 2.23 bits per heavy atom. The summed E-state index contributed by atoms with van der Waals surface area (Å²) in [5, 5.41) is 4.40. The molecule has 2 aromatic rings. The average molecular weight is 323 g/mol. The molecule has 0 N–H and O–H groups in total. The summed E-state index contributed by atoms with van der Waals surface area (Å²) in [6.07, 6.45) is 0.641. The van der Waals surface area contributed by atoms with Crippen molar-refractivity contribution >= 4 is 11.6 Å². The molecule has 0 saturated heterocycles. The third-order valence-corrected chi connectivity index (χ3v) is 3.35. The molecule has 0 bridgehead atoms. The highest BCUT2D eigenvalue weighted by molar-refractivity contribution is 6.29. The lowest BCUT2D eigenvalue weighted by Gasteiger charge is -2.12. The lowest BCUT2D eigenvalue weighted by Crippen LogP contribution is -2.25. The zero-order valence-corrected chi connectivity index (χ0v) is 13.8. The third-order valence-electron chi connectivity index (χ3n) is 3.16. The van der Waals surface area contributed by atoms with Crippen molar-refractivity contribution in [3.8, 4) is 17.2 Å². The lowest BCUT2D eigenvalue weighted by molar-refractivity contribution is 0.393. The van der Waals surface area contributed by atoms with Gasteiger partial charge in [0.1, 0.15) is 11.5 Å². The SMILES string of the molecule is COc1cc(OC)cc(-n2nc(Cl)cc(CC(C)C)c2=O)c1. The molecule has 0 fully saturated rings. The van der Waals surface area contributed by atoms with Gasteiger partial charge in [0.15, 0.2) is 5.15 Å². The minimum Gasteiger partial charge on any atom is -0.497 e. The summed E-state index contributed by atoms with van der Waals surface area (Å²) in [4.78, 5) is 12.6. The van der Waals surface area contributed by atoms with Crippen molar-refractivity contribution in [2.75, 3.05) is 14.2 Å². The fourth-order valence-electron chi connectivity index (χ4n) is 2.19. The second kappa shape index (κ2) is 6.83. The molecule has 0 atom stereocenters. The Bertz CT molecular complexity index is 704. The number of benzene rings is 1. The van der Waals surface area contributed by atoms with Crippen molar-refractivity contribution in [1.29, 1.82) is 0 Å². The van der Waals surface area contributed by atoms with Gasteiger partial charge < -0.3 is 9.47 Å². The van der Waals surface area contributed by atoms with Crippen molar-refractivity contribution in [3.05, 3.63) is 45.3 Å². The van der Waals surface area contributed by atoms with Gasteiger partial charge in [0, 0.05) is 23.8 Å². The molecule has 0 saturated carbocycles. The first kappa shape index (κ1) is 16.4. The van der Waals surface area contributed by atoms with Crippen LogP contribution in [0.1, 0.15) is 19.4 Å². The van der Waals surface area contributed by atoms with E-state index in [0.29, 0.717) is 35.1 Å². The molecule has 1 heterocycles. The van der Waals surface area contributed by atoms with Crippen molar-refractivity contribution < 1.29 is 9.47 Å². The zero-order chi connectivity index (χ0) is 16.3. The van der Waals surface area contributed by atoms with E-state index < -0.39 is 0 Å². The summed E-state index contributed by atoms with van der Waals surface area (Å²) in [5.41, 5.74) is 0.999. The third kappa shape index (κ3) is 3.60. The molecule has 0 radical (unpaired) electrons. The maximum absolute atomic E-state index is 12.6. The monoisotopic (exact) mass is 322 g/mol. The minimum absolute atomic E-state index is 0.187. The molecule has 0 aliphatic carbocycles. The van der Waals surface area contributed by atoms with Crippen molar-refractivity contribution in [3.63, 3.8) is 0 Å². The fourth-order valence-corrected chi connectivity index (χ4v) is 2.39. The van der Waals surface area contributed by atoms with Gasteiger partial charge in [-0.25, -0.2) is 0 Å². The molecule has 0 spiro atoms. The van der Waals surface area contributed by atoms with E-state index in [0.717, 1.165) is 0 Å². The number of rotatable bonds is 5. The Morgan fingerprint density at radius 2 is 1.73 bits per heavy atom. The Hall–Kier alpha value is -2.01. The summed E-state index contributed by atoms with van der Waals surface area (Å²) < 4.78 is 11.7. The molecule has 1 aromatic heterocycles. The number of ether oxygens (including phenoxy) is 2. The molecule has 2 rings (SSSR count). The average Bonchev–Trinajstić information content (AvgIpc) is 2.49. The second-order valence-electron chi connectivity index (χ2n) is 5.38. The van der Waals surface area contributed by atoms with E-state index in [2.05, 4.69) is 5.10 Å². The molecule has 6 heteroatoms. The molecular weight excluding hydrogens is 304 g/mol. The zero-order valence-electron chi connectivity index (χ0n) is 13.1. The number of hydrogen-bond donors (Lipinski definition) is 0. The first-order valence-corrected chi connectivity index (χ1v) is 7.34. The van der Waals surface area contributed by atoms with Crippen LogP contribution in [0.15, 0.2) is 29.1 Å². The first-order chi connectivity index (χ1) is 10.4. The number of nitrogens with zero attached hydrogens (tertiary/aromatic N) is 2. The van der Waals surface area contributed by atoms with Crippen LogP contribution in [0, 0.1) is 5.92 Å². The number of hydrogen-bond acceptors (Lipinski definition) is 4. The van der Waals surface area contributed by atoms with Gasteiger partial charge in [-0.15, -0.1) is 0 Å². The van der Waals surface area contributed by atoms with Crippen molar-refractivity contribution in [2.45, 2.75) is 20.3 Å². The molecule has 0 amide bonds. The summed E-state index contributed by atoms with van der Waals surface area (Å²) in [6, 6.07) is 6.78. The van der Waals surface area contributed by atoms with E-state index in [1.54, 1.807) is 38.5 Å². The highest BCUT2D eigenvalue weighted by Crippen LogP contribution is 2.24. The van der Waals surface area contributed by atoms with Gasteiger partial charge in [-0.05, 0) is 18.4 Å². The summed E-state index contributed by atoms with van der Waals surface area (Å²) >= 11 is 6.07. The van der Waals surface area contributed by atoms with Crippen LogP contribution in [0.5, 0.6) is 11.5 Å². The standard InChI is InChI=1S/C16H19ClN2O3/c1-10(2)5-11-6-15(17)18-19(16(11)20)12-7-13(21-3)9-14(8-12)22-4/h6-10H,5H2,1-4H3. The van der Waals surface area contributed by atoms with E-state index in [1.807, 2.05) is 13.8 Å². The number of halogens is 1. The highest BCUT2D eigenvalue weighted by Gasteiger charge is 2.12. The van der Waals surface area contributed by atoms with Crippen LogP contribution >= 0.6 is 11.6 Å². The number of methoxy groups -OCH3 is 2. The van der Waals surface area contributed by atoms with E-state index >= 15 is 0 Å². The van der Waals surface area contributed by atoms with Crippen LogP contribution in [0.3, 0.4) is 0 Å². The van der Waals surface area contributed by atoms with E-state index in [1.165, 1.54) is 4.68 Å². The Labute approximate surface area is 134 Å². The quantitative estimate of drug-likeness (QED) is 0.848. The van der Waals surface area contributed by atoms with Crippen LogP contribution in [-0.4, -0.2) is 24.0 Å². The maximum atomic E-state index is 12.6. The van der Waals surface area contributed by atoms with Crippen LogP contribution in [0.25, 0.3) is 5.69 Å². The summed E-state index contributed by atoms with van der Waals surface area (Å²) in [7, 11) is 3.10. The van der Waals surface area contributed by atoms with Gasteiger partial charge in [0.2, 0.25) is 0 Å². The number of aromatic nitrogens is 2.